The molecule has 0 aliphatic rings. The van der Waals surface area contributed by atoms with Gasteiger partial charge in [-0.05, 0) is 59.1 Å². The molecule has 0 saturated heterocycles. The fourth-order valence-corrected chi connectivity index (χ4v) is 2.12. The summed E-state index contributed by atoms with van der Waals surface area (Å²) in [7, 11) is 0. The first-order valence-electron chi connectivity index (χ1n) is 5.99. The maximum Gasteiger partial charge on any atom is 0.141 e. The predicted molar refractivity (Wildman–Crippen MR) is 79.9 cm³/mol. The van der Waals surface area contributed by atoms with Crippen LogP contribution in [-0.4, -0.2) is 4.98 Å². The highest BCUT2D eigenvalue weighted by Crippen LogP contribution is 2.27. The Morgan fingerprint density at radius 3 is 2.58 bits per heavy atom. The van der Waals surface area contributed by atoms with Gasteiger partial charge in [0, 0.05) is 12.2 Å². The summed E-state index contributed by atoms with van der Waals surface area (Å²) in [6, 6.07) is 11.8. The van der Waals surface area contributed by atoms with E-state index in [-0.39, 0.29) is 6.04 Å². The lowest BCUT2D eigenvalue weighted by Gasteiger charge is -2.16. The van der Waals surface area contributed by atoms with Crippen LogP contribution in [0.5, 0.6) is 0 Å². The summed E-state index contributed by atoms with van der Waals surface area (Å²) in [5.41, 5.74) is 2.93. The minimum Gasteiger partial charge on any atom is -0.363 e. The molecule has 1 aromatic heterocycles. The first-order valence-corrected chi connectivity index (χ1v) is 6.79. The minimum atomic E-state index is 0.123. The van der Waals surface area contributed by atoms with Crippen molar-refractivity contribution in [3.05, 3.63) is 57.7 Å². The van der Waals surface area contributed by atoms with E-state index in [1.165, 1.54) is 0 Å². The number of benzene rings is 1. The van der Waals surface area contributed by atoms with E-state index in [0.29, 0.717) is 5.56 Å². The van der Waals surface area contributed by atoms with Crippen LogP contribution < -0.4 is 5.32 Å². The molecule has 96 valence electrons. The van der Waals surface area contributed by atoms with Gasteiger partial charge in [0.15, 0.2) is 0 Å². The lowest BCUT2D eigenvalue weighted by molar-refractivity contribution is 0.872. The lowest BCUT2D eigenvalue weighted by atomic mass is 10.1. The van der Waals surface area contributed by atoms with E-state index in [0.717, 1.165) is 21.4 Å². The van der Waals surface area contributed by atoms with Crippen LogP contribution >= 0.6 is 15.9 Å². The second-order valence-electron chi connectivity index (χ2n) is 4.39. The molecule has 0 aliphatic carbocycles. The molecule has 3 nitrogen and oxygen atoms in total. The van der Waals surface area contributed by atoms with Crippen LogP contribution in [-0.2, 0) is 0 Å². The predicted octanol–water partition coefficient (Wildman–Crippen LogP) is 4.20. The fourth-order valence-electron chi connectivity index (χ4n) is 1.78. The molecule has 0 amide bonds. The van der Waals surface area contributed by atoms with Crippen LogP contribution in [0.2, 0.25) is 0 Å². The van der Waals surface area contributed by atoms with E-state index >= 15 is 0 Å². The van der Waals surface area contributed by atoms with Gasteiger partial charge >= 0.3 is 0 Å². The quantitative estimate of drug-likeness (QED) is 0.923. The standard InChI is InChI=1S/C15H14BrN3/c1-10-7-8-18-15(14(10)16)19-11(2)13-5-3-12(9-17)4-6-13/h3-8,11H,1-2H3,(H,18,19). The SMILES string of the molecule is Cc1ccnc(NC(C)c2ccc(C#N)cc2)c1Br. The van der Waals surface area contributed by atoms with Gasteiger partial charge < -0.3 is 5.32 Å². The topological polar surface area (TPSA) is 48.7 Å². The summed E-state index contributed by atoms with van der Waals surface area (Å²) < 4.78 is 0.982. The second kappa shape index (κ2) is 5.85. The van der Waals surface area contributed by atoms with Gasteiger partial charge in [-0.1, -0.05) is 12.1 Å². The van der Waals surface area contributed by atoms with E-state index in [9.17, 15) is 0 Å². The molecule has 1 N–H and O–H groups in total. The van der Waals surface area contributed by atoms with Gasteiger partial charge in [0.05, 0.1) is 16.1 Å². The number of pyridine rings is 1. The van der Waals surface area contributed by atoms with Crippen LogP contribution in [0.1, 0.15) is 29.7 Å². The zero-order valence-electron chi connectivity index (χ0n) is 10.8. The molecule has 1 atom stereocenters. The summed E-state index contributed by atoms with van der Waals surface area (Å²) in [6.07, 6.45) is 1.79. The van der Waals surface area contributed by atoms with Crippen LogP contribution in [0.3, 0.4) is 0 Å². The van der Waals surface area contributed by atoms with Crippen molar-refractivity contribution in [1.29, 1.82) is 5.26 Å². The lowest BCUT2D eigenvalue weighted by Crippen LogP contribution is -2.08. The number of anilines is 1. The summed E-state index contributed by atoms with van der Waals surface area (Å²) in [5, 5.41) is 12.2. The summed E-state index contributed by atoms with van der Waals surface area (Å²) in [6.45, 7) is 4.10. The monoisotopic (exact) mass is 315 g/mol. The number of hydrogen-bond acceptors (Lipinski definition) is 3. The highest BCUT2D eigenvalue weighted by molar-refractivity contribution is 9.10. The Kier molecular flexibility index (Phi) is 4.18. The van der Waals surface area contributed by atoms with Crippen LogP contribution in [0.15, 0.2) is 41.0 Å². The fraction of sp³-hybridized carbons (Fsp3) is 0.200. The zero-order valence-corrected chi connectivity index (χ0v) is 12.4. The normalized spacial score (nSPS) is 11.7. The van der Waals surface area contributed by atoms with Crippen molar-refractivity contribution >= 4 is 21.7 Å². The smallest absolute Gasteiger partial charge is 0.141 e. The summed E-state index contributed by atoms with van der Waals surface area (Å²) in [5.74, 6) is 0.830. The molecule has 0 spiro atoms. The molecule has 19 heavy (non-hydrogen) atoms. The van der Waals surface area contributed by atoms with Crippen molar-refractivity contribution in [2.75, 3.05) is 5.32 Å². The Morgan fingerprint density at radius 2 is 1.95 bits per heavy atom. The molecule has 0 radical (unpaired) electrons. The maximum absolute atomic E-state index is 8.79. The molecule has 0 aliphatic heterocycles. The van der Waals surface area contributed by atoms with E-state index in [1.807, 2.05) is 37.3 Å². The third-order valence-electron chi connectivity index (χ3n) is 2.98. The van der Waals surface area contributed by atoms with Crippen LogP contribution in [0.25, 0.3) is 0 Å². The molecule has 4 heteroatoms. The van der Waals surface area contributed by atoms with E-state index in [2.05, 4.69) is 39.2 Å². The number of nitriles is 1. The third-order valence-corrected chi connectivity index (χ3v) is 3.98. The molecule has 2 rings (SSSR count). The van der Waals surface area contributed by atoms with Gasteiger partial charge in [-0.2, -0.15) is 5.26 Å². The van der Waals surface area contributed by atoms with Crippen molar-refractivity contribution in [1.82, 2.24) is 4.98 Å². The summed E-state index contributed by atoms with van der Waals surface area (Å²) in [4.78, 5) is 4.33. The Balaban J connectivity index is 2.18. The highest BCUT2D eigenvalue weighted by atomic mass is 79.9. The average Bonchev–Trinajstić information content (AvgIpc) is 2.44. The first kappa shape index (κ1) is 13.6. The molecule has 2 aromatic rings. The molecular formula is C15H14BrN3. The number of aryl methyl sites for hydroxylation is 1. The number of rotatable bonds is 3. The molecule has 0 bridgehead atoms. The van der Waals surface area contributed by atoms with Crippen molar-refractivity contribution in [3.63, 3.8) is 0 Å². The van der Waals surface area contributed by atoms with Crippen molar-refractivity contribution in [3.8, 4) is 6.07 Å². The number of hydrogen-bond donors (Lipinski definition) is 1. The van der Waals surface area contributed by atoms with Crippen molar-refractivity contribution in [2.24, 2.45) is 0 Å². The van der Waals surface area contributed by atoms with E-state index in [4.69, 9.17) is 5.26 Å². The average molecular weight is 316 g/mol. The van der Waals surface area contributed by atoms with Crippen molar-refractivity contribution < 1.29 is 0 Å². The summed E-state index contributed by atoms with van der Waals surface area (Å²) >= 11 is 3.54. The number of nitrogens with one attached hydrogen (secondary N) is 1. The van der Waals surface area contributed by atoms with Gasteiger partial charge in [-0.3, -0.25) is 0 Å². The molecule has 1 aromatic carbocycles. The number of aromatic nitrogens is 1. The van der Waals surface area contributed by atoms with Gasteiger partial charge in [-0.25, -0.2) is 4.98 Å². The van der Waals surface area contributed by atoms with Gasteiger partial charge in [0.1, 0.15) is 5.82 Å². The third kappa shape index (κ3) is 3.12. The Hall–Kier alpha value is -1.86. The van der Waals surface area contributed by atoms with Crippen molar-refractivity contribution in [2.45, 2.75) is 19.9 Å². The molecule has 0 fully saturated rings. The molecule has 1 heterocycles. The Bertz CT molecular complexity index is 614. The second-order valence-corrected chi connectivity index (χ2v) is 5.18. The first-order chi connectivity index (χ1) is 9.11. The highest BCUT2D eigenvalue weighted by Gasteiger charge is 2.09. The van der Waals surface area contributed by atoms with Gasteiger partial charge in [0.25, 0.3) is 0 Å². The van der Waals surface area contributed by atoms with E-state index < -0.39 is 0 Å². The minimum absolute atomic E-state index is 0.123. The molecular weight excluding hydrogens is 302 g/mol. The molecule has 1 unspecified atom stereocenters. The van der Waals surface area contributed by atoms with Crippen LogP contribution in [0.4, 0.5) is 5.82 Å². The Morgan fingerprint density at radius 1 is 1.26 bits per heavy atom. The number of nitrogens with zero attached hydrogens (tertiary/aromatic N) is 2. The zero-order chi connectivity index (χ0) is 13.8. The van der Waals surface area contributed by atoms with Gasteiger partial charge in [0.2, 0.25) is 0 Å². The molecule has 0 saturated carbocycles. The van der Waals surface area contributed by atoms with Gasteiger partial charge in [-0.15, -0.1) is 0 Å². The number of halogens is 1. The largest absolute Gasteiger partial charge is 0.363 e. The Labute approximate surface area is 121 Å². The van der Waals surface area contributed by atoms with E-state index in [1.54, 1.807) is 6.20 Å². The van der Waals surface area contributed by atoms with Crippen LogP contribution in [0, 0.1) is 18.3 Å². The maximum atomic E-state index is 8.79.